The van der Waals surface area contributed by atoms with Crippen LogP contribution < -0.4 is 5.32 Å². The molecule has 0 spiro atoms. The fourth-order valence-electron chi connectivity index (χ4n) is 2.70. The largest absolute Gasteiger partial charge is 0.358 e. The maximum absolute atomic E-state index is 3.57. The maximum atomic E-state index is 3.57. The molecule has 2 N–H and O–H groups in total. The molecule has 1 aromatic carbocycles. The molecule has 16 heavy (non-hydrogen) atoms. The van der Waals surface area contributed by atoms with Crippen molar-refractivity contribution in [1.29, 1.82) is 0 Å². The van der Waals surface area contributed by atoms with Crippen molar-refractivity contribution in [2.75, 3.05) is 6.54 Å². The lowest BCUT2D eigenvalue weighted by molar-refractivity contribution is 0.564. The number of rotatable bonds is 0. The van der Waals surface area contributed by atoms with Gasteiger partial charge in [0, 0.05) is 29.1 Å². The summed E-state index contributed by atoms with van der Waals surface area (Å²) in [7, 11) is 0. The molecule has 0 saturated carbocycles. The van der Waals surface area contributed by atoms with Gasteiger partial charge in [-0.05, 0) is 44.5 Å². The van der Waals surface area contributed by atoms with Gasteiger partial charge in [0.15, 0.2) is 0 Å². The first-order valence-electron chi connectivity index (χ1n) is 6.07. The monoisotopic (exact) mass is 214 g/mol. The van der Waals surface area contributed by atoms with Crippen LogP contribution in [0.5, 0.6) is 0 Å². The first-order chi connectivity index (χ1) is 7.74. The van der Waals surface area contributed by atoms with Crippen LogP contribution in [0, 0.1) is 6.92 Å². The van der Waals surface area contributed by atoms with Gasteiger partial charge in [-0.15, -0.1) is 0 Å². The molecule has 2 heteroatoms. The topological polar surface area (TPSA) is 27.8 Å². The van der Waals surface area contributed by atoms with Crippen LogP contribution in [0.4, 0.5) is 0 Å². The Hall–Kier alpha value is -1.28. The molecule has 2 heterocycles. The van der Waals surface area contributed by atoms with E-state index in [0.29, 0.717) is 6.04 Å². The average molecular weight is 214 g/mol. The number of aromatic nitrogens is 1. The van der Waals surface area contributed by atoms with Crippen molar-refractivity contribution in [3.63, 3.8) is 0 Å². The standard InChI is InChI=1S/C14H18N2/c1-9-3-4-13-12(7-9)11-5-6-15-10(2)8-14(11)16-13/h3-4,7,10,15-16H,5-6,8H2,1-2H3. The van der Waals surface area contributed by atoms with Gasteiger partial charge in [0.05, 0.1) is 0 Å². The van der Waals surface area contributed by atoms with Crippen LogP contribution in [0.25, 0.3) is 10.9 Å². The molecule has 1 aliphatic rings. The molecule has 84 valence electrons. The predicted molar refractivity (Wildman–Crippen MR) is 67.9 cm³/mol. The number of fused-ring (bicyclic) bond motifs is 3. The van der Waals surface area contributed by atoms with Gasteiger partial charge >= 0.3 is 0 Å². The molecule has 1 unspecified atom stereocenters. The second kappa shape index (κ2) is 3.63. The molecule has 1 aliphatic heterocycles. The van der Waals surface area contributed by atoms with Gasteiger partial charge in [-0.1, -0.05) is 11.6 Å². The first-order valence-corrected chi connectivity index (χ1v) is 6.07. The highest BCUT2D eigenvalue weighted by Gasteiger charge is 2.17. The lowest BCUT2D eigenvalue weighted by Crippen LogP contribution is -2.27. The summed E-state index contributed by atoms with van der Waals surface area (Å²) in [6.07, 6.45) is 2.26. The second-order valence-electron chi connectivity index (χ2n) is 4.94. The number of benzene rings is 1. The average Bonchev–Trinajstić information content (AvgIpc) is 2.46. The van der Waals surface area contributed by atoms with Crippen LogP contribution >= 0.6 is 0 Å². The Morgan fingerprint density at radius 3 is 3.06 bits per heavy atom. The third-order valence-corrected chi connectivity index (χ3v) is 3.53. The molecule has 0 fully saturated rings. The lowest BCUT2D eigenvalue weighted by Gasteiger charge is -2.07. The number of nitrogens with one attached hydrogen (secondary N) is 2. The summed E-state index contributed by atoms with van der Waals surface area (Å²) in [6.45, 7) is 5.51. The summed E-state index contributed by atoms with van der Waals surface area (Å²) < 4.78 is 0. The second-order valence-corrected chi connectivity index (χ2v) is 4.94. The summed E-state index contributed by atoms with van der Waals surface area (Å²) in [4.78, 5) is 3.57. The van der Waals surface area contributed by atoms with E-state index in [0.717, 1.165) is 19.4 Å². The Morgan fingerprint density at radius 2 is 2.19 bits per heavy atom. The zero-order valence-corrected chi connectivity index (χ0v) is 9.93. The third kappa shape index (κ3) is 1.54. The third-order valence-electron chi connectivity index (χ3n) is 3.53. The van der Waals surface area contributed by atoms with E-state index in [-0.39, 0.29) is 0 Å². The molecular formula is C14H18N2. The molecule has 0 radical (unpaired) electrons. The van der Waals surface area contributed by atoms with Gasteiger partial charge in [-0.3, -0.25) is 0 Å². The Labute approximate surface area is 96.1 Å². The molecule has 2 aromatic rings. The Bertz CT molecular complexity index is 525. The summed E-state index contributed by atoms with van der Waals surface area (Å²) in [5.74, 6) is 0. The predicted octanol–water partition coefficient (Wildman–Crippen LogP) is 2.55. The van der Waals surface area contributed by atoms with Gasteiger partial charge in [0.2, 0.25) is 0 Å². The number of hydrogen-bond donors (Lipinski definition) is 2. The van der Waals surface area contributed by atoms with Crippen LogP contribution in [0.15, 0.2) is 18.2 Å². The van der Waals surface area contributed by atoms with Crippen molar-refractivity contribution in [3.8, 4) is 0 Å². The van der Waals surface area contributed by atoms with E-state index in [1.807, 2.05) is 0 Å². The van der Waals surface area contributed by atoms with E-state index in [1.54, 1.807) is 0 Å². The fraction of sp³-hybridized carbons (Fsp3) is 0.429. The fourth-order valence-corrected chi connectivity index (χ4v) is 2.70. The molecule has 1 atom stereocenters. The van der Waals surface area contributed by atoms with Gasteiger partial charge < -0.3 is 10.3 Å². The zero-order chi connectivity index (χ0) is 11.1. The van der Waals surface area contributed by atoms with Gasteiger partial charge in [0.25, 0.3) is 0 Å². The molecule has 0 bridgehead atoms. The van der Waals surface area contributed by atoms with Gasteiger partial charge in [-0.2, -0.15) is 0 Å². The normalized spacial score (nSPS) is 20.8. The minimum absolute atomic E-state index is 0.579. The van der Waals surface area contributed by atoms with Crippen molar-refractivity contribution < 1.29 is 0 Å². The van der Waals surface area contributed by atoms with E-state index in [9.17, 15) is 0 Å². The summed E-state index contributed by atoms with van der Waals surface area (Å²) in [6, 6.07) is 7.27. The number of aryl methyl sites for hydroxylation is 1. The molecule has 0 amide bonds. The molecule has 0 saturated heterocycles. The van der Waals surface area contributed by atoms with E-state index < -0.39 is 0 Å². The summed E-state index contributed by atoms with van der Waals surface area (Å²) in [5.41, 5.74) is 5.60. The Kier molecular flexibility index (Phi) is 2.25. The Balaban J connectivity index is 2.20. The highest BCUT2D eigenvalue weighted by atomic mass is 14.9. The van der Waals surface area contributed by atoms with E-state index >= 15 is 0 Å². The highest BCUT2D eigenvalue weighted by Crippen LogP contribution is 2.26. The summed E-state index contributed by atoms with van der Waals surface area (Å²) in [5, 5.41) is 4.96. The first kappa shape index (κ1) is 9.91. The van der Waals surface area contributed by atoms with Crippen LogP contribution in [0.2, 0.25) is 0 Å². The zero-order valence-electron chi connectivity index (χ0n) is 9.93. The van der Waals surface area contributed by atoms with Crippen molar-refractivity contribution >= 4 is 10.9 Å². The maximum Gasteiger partial charge on any atom is 0.0459 e. The quantitative estimate of drug-likeness (QED) is 0.693. The minimum Gasteiger partial charge on any atom is -0.358 e. The van der Waals surface area contributed by atoms with Crippen molar-refractivity contribution in [2.24, 2.45) is 0 Å². The molecule has 0 aliphatic carbocycles. The van der Waals surface area contributed by atoms with E-state index in [1.165, 1.54) is 27.7 Å². The smallest absolute Gasteiger partial charge is 0.0459 e. The van der Waals surface area contributed by atoms with Crippen LogP contribution in [-0.4, -0.2) is 17.6 Å². The van der Waals surface area contributed by atoms with Crippen LogP contribution in [0.1, 0.15) is 23.7 Å². The van der Waals surface area contributed by atoms with Crippen LogP contribution in [-0.2, 0) is 12.8 Å². The van der Waals surface area contributed by atoms with E-state index in [2.05, 4.69) is 42.3 Å². The number of aromatic amines is 1. The molecule has 3 rings (SSSR count). The number of H-pyrrole nitrogens is 1. The Morgan fingerprint density at radius 1 is 1.31 bits per heavy atom. The summed E-state index contributed by atoms with van der Waals surface area (Å²) >= 11 is 0. The molecule has 1 aromatic heterocycles. The number of hydrogen-bond acceptors (Lipinski definition) is 1. The van der Waals surface area contributed by atoms with Crippen molar-refractivity contribution in [2.45, 2.75) is 32.7 Å². The highest BCUT2D eigenvalue weighted by molar-refractivity contribution is 5.85. The SMILES string of the molecule is Cc1ccc2[nH]c3c(c2c1)CCNC(C)C3. The van der Waals surface area contributed by atoms with Crippen molar-refractivity contribution in [3.05, 3.63) is 35.0 Å². The lowest BCUT2D eigenvalue weighted by atomic mass is 10.0. The van der Waals surface area contributed by atoms with Gasteiger partial charge in [-0.25, -0.2) is 0 Å². The molecular weight excluding hydrogens is 196 g/mol. The van der Waals surface area contributed by atoms with E-state index in [4.69, 9.17) is 0 Å². The van der Waals surface area contributed by atoms with Crippen LogP contribution in [0.3, 0.4) is 0 Å². The van der Waals surface area contributed by atoms with Crippen molar-refractivity contribution in [1.82, 2.24) is 10.3 Å². The van der Waals surface area contributed by atoms with Gasteiger partial charge in [0.1, 0.15) is 0 Å². The molecule has 2 nitrogen and oxygen atoms in total. The minimum atomic E-state index is 0.579.